The molecule has 3 rings (SSSR count). The lowest BCUT2D eigenvalue weighted by Crippen LogP contribution is -2.16. The summed E-state index contributed by atoms with van der Waals surface area (Å²) in [4.78, 5) is 2.27. The minimum absolute atomic E-state index is 0. The molecule has 0 N–H and O–H groups in total. The van der Waals surface area contributed by atoms with E-state index in [2.05, 4.69) is 73.6 Å². The molecule has 0 amide bonds. The molecule has 2 aromatic carbocycles. The van der Waals surface area contributed by atoms with Gasteiger partial charge in [-0.15, -0.1) is 12.4 Å². The molecule has 2 aromatic rings. The molecule has 0 radical (unpaired) electrons. The maximum absolute atomic E-state index is 2.28. The zero-order valence-electron chi connectivity index (χ0n) is 13.4. The van der Waals surface area contributed by atoms with Crippen molar-refractivity contribution in [2.24, 2.45) is 0 Å². The van der Waals surface area contributed by atoms with E-state index in [1.165, 1.54) is 35.1 Å². The maximum atomic E-state index is 2.28. The van der Waals surface area contributed by atoms with Crippen LogP contribution in [0.25, 0.3) is 5.57 Å². The molecule has 0 heterocycles. The summed E-state index contributed by atoms with van der Waals surface area (Å²) >= 11 is 0. The van der Waals surface area contributed by atoms with Gasteiger partial charge in [0, 0.05) is 6.54 Å². The van der Waals surface area contributed by atoms with Crippen LogP contribution in [0.15, 0.2) is 60.2 Å². The molecule has 0 bridgehead atoms. The Bertz CT molecular complexity index is 644. The van der Waals surface area contributed by atoms with Gasteiger partial charge >= 0.3 is 0 Å². The number of nitrogens with zero attached hydrogens (tertiary/aromatic N) is 1. The lowest BCUT2D eigenvalue weighted by Gasteiger charge is -2.25. The Kier molecular flexibility index (Phi) is 5.82. The van der Waals surface area contributed by atoms with Crippen LogP contribution in [-0.4, -0.2) is 25.5 Å². The van der Waals surface area contributed by atoms with Crippen molar-refractivity contribution in [2.75, 3.05) is 20.6 Å². The molecule has 0 aromatic heterocycles. The van der Waals surface area contributed by atoms with Gasteiger partial charge in [0.15, 0.2) is 0 Å². The quantitative estimate of drug-likeness (QED) is 0.783. The minimum atomic E-state index is 0. The third-order valence-electron chi connectivity index (χ3n) is 4.26. The summed E-state index contributed by atoms with van der Waals surface area (Å²) in [6, 6.07) is 19.8. The van der Waals surface area contributed by atoms with Crippen LogP contribution in [-0.2, 0) is 6.42 Å². The first kappa shape index (κ1) is 16.8. The number of benzene rings is 2. The summed E-state index contributed by atoms with van der Waals surface area (Å²) in [5.74, 6) is 0. The molecule has 0 fully saturated rings. The third kappa shape index (κ3) is 3.60. The maximum Gasteiger partial charge on any atom is 0.00128 e. The lowest BCUT2D eigenvalue weighted by molar-refractivity contribution is 0.411. The van der Waals surface area contributed by atoms with Gasteiger partial charge in [-0.25, -0.2) is 0 Å². The molecule has 0 unspecified atom stereocenters. The van der Waals surface area contributed by atoms with Crippen LogP contribution in [0.5, 0.6) is 0 Å². The van der Waals surface area contributed by atoms with E-state index in [1.807, 2.05) is 0 Å². The van der Waals surface area contributed by atoms with E-state index in [0.717, 1.165) is 13.0 Å². The van der Waals surface area contributed by atoms with E-state index in [9.17, 15) is 0 Å². The van der Waals surface area contributed by atoms with E-state index in [0.29, 0.717) is 0 Å². The smallest absolute Gasteiger partial charge is 0.00128 e. The highest BCUT2D eigenvalue weighted by molar-refractivity contribution is 5.85. The molecule has 0 atom stereocenters. The minimum Gasteiger partial charge on any atom is -0.309 e. The molecule has 116 valence electrons. The molecule has 0 aliphatic heterocycles. The number of fused-ring (bicyclic) bond motifs is 1. The second kappa shape index (κ2) is 7.62. The van der Waals surface area contributed by atoms with E-state index in [4.69, 9.17) is 0 Å². The van der Waals surface area contributed by atoms with Gasteiger partial charge in [-0.05, 0) is 55.6 Å². The van der Waals surface area contributed by atoms with Gasteiger partial charge in [0.2, 0.25) is 0 Å². The summed E-state index contributed by atoms with van der Waals surface area (Å²) in [5, 5.41) is 0. The van der Waals surface area contributed by atoms with Crippen LogP contribution in [0, 0.1) is 0 Å². The van der Waals surface area contributed by atoms with Gasteiger partial charge in [0.1, 0.15) is 0 Å². The van der Waals surface area contributed by atoms with Crippen LogP contribution in [0.3, 0.4) is 0 Å². The number of halogens is 1. The standard InChI is InChI=1S/C20H23N.ClH/c1-21(2)15-14-18-13-12-16-8-6-7-11-19(16)20(18)17-9-4-3-5-10-17;/h3-11H,12-15H2,1-2H3;1H. The van der Waals surface area contributed by atoms with Gasteiger partial charge in [0.25, 0.3) is 0 Å². The zero-order valence-corrected chi connectivity index (χ0v) is 14.2. The Labute approximate surface area is 140 Å². The SMILES string of the molecule is CN(C)CCC1=C(c2ccccc2)c2ccccc2CC1.Cl. The monoisotopic (exact) mass is 313 g/mol. The Morgan fingerprint density at radius 1 is 0.864 bits per heavy atom. The first-order valence-electron chi connectivity index (χ1n) is 7.76. The summed E-state index contributed by atoms with van der Waals surface area (Å²) in [5.41, 5.74) is 7.36. The third-order valence-corrected chi connectivity index (χ3v) is 4.26. The molecule has 0 spiro atoms. The fraction of sp³-hybridized carbons (Fsp3) is 0.300. The Hall–Kier alpha value is -1.57. The van der Waals surface area contributed by atoms with Gasteiger partial charge in [-0.3, -0.25) is 0 Å². The van der Waals surface area contributed by atoms with Crippen molar-refractivity contribution in [1.82, 2.24) is 4.90 Å². The van der Waals surface area contributed by atoms with Gasteiger partial charge in [0.05, 0.1) is 0 Å². The van der Waals surface area contributed by atoms with Crippen LogP contribution in [0.4, 0.5) is 0 Å². The Balaban J connectivity index is 0.00000176. The van der Waals surface area contributed by atoms with E-state index in [1.54, 1.807) is 5.57 Å². The summed E-state index contributed by atoms with van der Waals surface area (Å²) < 4.78 is 0. The fourth-order valence-electron chi connectivity index (χ4n) is 3.16. The van der Waals surface area contributed by atoms with Crippen molar-refractivity contribution < 1.29 is 0 Å². The molecule has 1 nitrogen and oxygen atoms in total. The highest BCUT2D eigenvalue weighted by Gasteiger charge is 2.19. The number of aryl methyl sites for hydroxylation is 1. The highest BCUT2D eigenvalue weighted by Crippen LogP contribution is 2.37. The predicted octanol–water partition coefficient (Wildman–Crippen LogP) is 4.81. The Morgan fingerprint density at radius 3 is 2.27 bits per heavy atom. The van der Waals surface area contributed by atoms with Crippen LogP contribution >= 0.6 is 12.4 Å². The molecule has 0 saturated carbocycles. The molecule has 2 heteroatoms. The summed E-state index contributed by atoms with van der Waals surface area (Å²) in [6.45, 7) is 1.12. The average molecular weight is 314 g/mol. The Morgan fingerprint density at radius 2 is 1.55 bits per heavy atom. The van der Waals surface area contributed by atoms with Crippen molar-refractivity contribution in [3.05, 3.63) is 76.9 Å². The van der Waals surface area contributed by atoms with Crippen molar-refractivity contribution >= 4 is 18.0 Å². The molecular formula is C20H24ClN. The number of hydrogen-bond donors (Lipinski definition) is 0. The van der Waals surface area contributed by atoms with Gasteiger partial charge in [-0.1, -0.05) is 60.2 Å². The topological polar surface area (TPSA) is 3.24 Å². The molecule has 1 aliphatic carbocycles. The van der Waals surface area contributed by atoms with Crippen LogP contribution in [0.2, 0.25) is 0 Å². The first-order chi connectivity index (χ1) is 10.3. The summed E-state index contributed by atoms with van der Waals surface area (Å²) in [7, 11) is 4.30. The molecular weight excluding hydrogens is 290 g/mol. The lowest BCUT2D eigenvalue weighted by atomic mass is 9.81. The molecule has 22 heavy (non-hydrogen) atoms. The molecule has 1 aliphatic rings. The van der Waals surface area contributed by atoms with Gasteiger partial charge < -0.3 is 4.90 Å². The highest BCUT2D eigenvalue weighted by atomic mass is 35.5. The van der Waals surface area contributed by atoms with Crippen molar-refractivity contribution in [1.29, 1.82) is 0 Å². The predicted molar refractivity (Wildman–Crippen MR) is 97.6 cm³/mol. The van der Waals surface area contributed by atoms with E-state index < -0.39 is 0 Å². The van der Waals surface area contributed by atoms with Crippen LogP contribution in [0.1, 0.15) is 29.5 Å². The fourth-order valence-corrected chi connectivity index (χ4v) is 3.16. The molecule has 0 saturated heterocycles. The van der Waals surface area contributed by atoms with Crippen molar-refractivity contribution in [2.45, 2.75) is 19.3 Å². The van der Waals surface area contributed by atoms with E-state index in [-0.39, 0.29) is 12.4 Å². The van der Waals surface area contributed by atoms with E-state index >= 15 is 0 Å². The van der Waals surface area contributed by atoms with Crippen molar-refractivity contribution in [3.63, 3.8) is 0 Å². The number of rotatable bonds is 4. The van der Waals surface area contributed by atoms with Gasteiger partial charge in [-0.2, -0.15) is 0 Å². The first-order valence-corrected chi connectivity index (χ1v) is 7.76. The largest absolute Gasteiger partial charge is 0.309 e. The summed E-state index contributed by atoms with van der Waals surface area (Å²) in [6.07, 6.45) is 3.52. The second-order valence-electron chi connectivity index (χ2n) is 6.06. The zero-order chi connectivity index (χ0) is 14.7. The second-order valence-corrected chi connectivity index (χ2v) is 6.06. The van der Waals surface area contributed by atoms with Crippen LogP contribution < -0.4 is 0 Å². The normalized spacial score (nSPS) is 13.8. The number of hydrogen-bond acceptors (Lipinski definition) is 1. The average Bonchev–Trinajstić information content (AvgIpc) is 2.53. The van der Waals surface area contributed by atoms with Crippen molar-refractivity contribution in [3.8, 4) is 0 Å².